The van der Waals surface area contributed by atoms with Crippen LogP contribution in [0.25, 0.3) is 0 Å². The third kappa shape index (κ3) is 8.16. The van der Waals surface area contributed by atoms with Crippen LogP contribution in [-0.4, -0.2) is 25.3 Å². The van der Waals surface area contributed by atoms with Gasteiger partial charge in [0.15, 0.2) is 0 Å². The second-order valence-electron chi connectivity index (χ2n) is 1.45. The van der Waals surface area contributed by atoms with Gasteiger partial charge in [0.05, 0.1) is 24.2 Å². The van der Waals surface area contributed by atoms with E-state index in [9.17, 15) is 8.42 Å². The first-order valence-electron chi connectivity index (χ1n) is 2.25. The first-order valence-corrected chi connectivity index (χ1v) is 4.17. The maximum absolute atomic E-state index is 9.96. The van der Waals surface area contributed by atoms with E-state index in [0.29, 0.717) is 0 Å². The first-order chi connectivity index (χ1) is 4.06. The average Bonchev–Trinajstić information content (AvgIpc) is 1.63. The molecule has 0 aromatic carbocycles. The lowest BCUT2D eigenvalue weighted by atomic mass is 10.5. The van der Waals surface area contributed by atoms with Crippen LogP contribution in [-0.2, 0) is 14.4 Å². The highest BCUT2D eigenvalue weighted by atomic mass is 35.5. The monoisotopic (exact) mass is 174 g/mol. The van der Waals surface area contributed by atoms with E-state index >= 15 is 0 Å². The Bertz CT molecular complexity index is 151. The Labute approximate surface area is 58.7 Å². The minimum Gasteiger partial charge on any atom is -0.286 e. The van der Waals surface area contributed by atoms with Crippen molar-refractivity contribution in [3.05, 3.63) is 0 Å². The van der Waals surface area contributed by atoms with Crippen LogP contribution in [0.2, 0.25) is 0 Å². The van der Waals surface area contributed by atoms with Crippen LogP contribution in [0.1, 0.15) is 6.42 Å². The highest BCUT2D eigenvalue weighted by molar-refractivity contribution is 7.85. The lowest BCUT2D eigenvalue weighted by molar-refractivity contribution is 0.349. The summed E-state index contributed by atoms with van der Waals surface area (Å²) >= 11 is 4.75. The smallest absolute Gasteiger partial charge is 0.264 e. The van der Waals surface area contributed by atoms with E-state index in [1.807, 2.05) is 0 Å². The molecule has 0 amide bonds. The third-order valence-corrected chi connectivity index (χ3v) is 1.58. The summed E-state index contributed by atoms with van der Waals surface area (Å²) in [5, 5.41) is 0. The minimum atomic E-state index is -3.84. The largest absolute Gasteiger partial charge is 0.286 e. The van der Waals surface area contributed by atoms with Gasteiger partial charge in [-0.3, -0.25) is 8.84 Å². The molecule has 0 aromatic rings. The predicted octanol–water partition coefficient (Wildman–Crippen LogP) is 0.435. The second kappa shape index (κ2) is 4.05. The summed E-state index contributed by atoms with van der Waals surface area (Å²) in [6.07, 6.45) is 0.211. The fourth-order valence-electron chi connectivity index (χ4n) is 0.296. The summed E-state index contributed by atoms with van der Waals surface area (Å²) in [5.41, 5.74) is 0. The van der Waals surface area contributed by atoms with Gasteiger partial charge in [-0.2, -0.15) is 8.42 Å². The molecule has 0 aliphatic rings. The number of rotatable bonds is 4. The molecule has 0 rings (SSSR count). The van der Waals surface area contributed by atoms with E-state index in [1.54, 1.807) is 0 Å². The fraction of sp³-hybridized carbons (Fsp3) is 1.00. The van der Waals surface area contributed by atoms with Crippen molar-refractivity contribution in [3.8, 4) is 0 Å². The highest BCUT2D eigenvalue weighted by Gasteiger charge is 2.02. The summed E-state index contributed by atoms with van der Waals surface area (Å²) in [7, 11) is -3.84. The van der Waals surface area contributed by atoms with Gasteiger partial charge in [0.2, 0.25) is 0 Å². The van der Waals surface area contributed by atoms with Crippen LogP contribution in [0.4, 0.5) is 0 Å². The molecule has 0 aliphatic carbocycles. The van der Waals surface area contributed by atoms with Crippen LogP contribution < -0.4 is 0 Å². The lowest BCUT2D eigenvalue weighted by Gasteiger charge is -1.92. The topological polar surface area (TPSA) is 63.6 Å². The minimum absolute atomic E-state index is 0.126. The van der Waals surface area contributed by atoms with Crippen LogP contribution in [0.15, 0.2) is 0 Å². The van der Waals surface area contributed by atoms with E-state index in [1.165, 1.54) is 0 Å². The van der Waals surface area contributed by atoms with Crippen molar-refractivity contribution < 1.29 is 17.3 Å². The van der Waals surface area contributed by atoms with Crippen molar-refractivity contribution in [1.82, 2.24) is 0 Å². The third-order valence-electron chi connectivity index (χ3n) is 0.624. The molecule has 0 aliphatic heterocycles. The SMILES string of the molecule is O=S(=O)(O)CCCOCl. The molecule has 9 heavy (non-hydrogen) atoms. The van der Waals surface area contributed by atoms with Crippen molar-refractivity contribution in [1.29, 1.82) is 0 Å². The summed E-state index contributed by atoms with van der Waals surface area (Å²) in [4.78, 5) is 0. The molecule has 0 saturated carbocycles. The molecule has 0 bridgehead atoms. The molecule has 0 radical (unpaired) electrons. The van der Waals surface area contributed by atoms with Crippen molar-refractivity contribution in [2.75, 3.05) is 12.4 Å². The molecule has 0 spiro atoms. The van der Waals surface area contributed by atoms with Crippen molar-refractivity contribution in [3.63, 3.8) is 0 Å². The Morgan fingerprint density at radius 1 is 1.56 bits per heavy atom. The quantitative estimate of drug-likeness (QED) is 0.496. The van der Waals surface area contributed by atoms with E-state index in [-0.39, 0.29) is 18.8 Å². The zero-order valence-corrected chi connectivity index (χ0v) is 6.15. The van der Waals surface area contributed by atoms with Gasteiger partial charge in [0, 0.05) is 0 Å². The van der Waals surface area contributed by atoms with Crippen LogP contribution in [0.5, 0.6) is 0 Å². The van der Waals surface area contributed by atoms with Gasteiger partial charge in [0.25, 0.3) is 10.1 Å². The van der Waals surface area contributed by atoms with E-state index < -0.39 is 10.1 Å². The second-order valence-corrected chi connectivity index (χ2v) is 3.24. The van der Waals surface area contributed by atoms with Crippen LogP contribution in [0.3, 0.4) is 0 Å². The lowest BCUT2D eigenvalue weighted by Crippen LogP contribution is -2.05. The van der Waals surface area contributed by atoms with Gasteiger partial charge in [-0.1, -0.05) is 0 Å². The maximum atomic E-state index is 9.96. The molecule has 6 heteroatoms. The average molecular weight is 175 g/mol. The Hall–Kier alpha value is 0.160. The Kier molecular flexibility index (Phi) is 4.12. The molecular weight excluding hydrogens is 168 g/mol. The number of hydrogen-bond acceptors (Lipinski definition) is 3. The van der Waals surface area contributed by atoms with E-state index in [4.69, 9.17) is 16.4 Å². The Balaban J connectivity index is 3.30. The van der Waals surface area contributed by atoms with Crippen LogP contribution >= 0.6 is 11.9 Å². The molecule has 0 atom stereocenters. The van der Waals surface area contributed by atoms with Gasteiger partial charge >= 0.3 is 0 Å². The van der Waals surface area contributed by atoms with Gasteiger partial charge in [-0.25, -0.2) is 0 Å². The first kappa shape index (κ1) is 9.16. The molecule has 0 unspecified atom stereocenters. The molecule has 56 valence electrons. The zero-order chi connectivity index (χ0) is 7.33. The zero-order valence-electron chi connectivity index (χ0n) is 4.58. The highest BCUT2D eigenvalue weighted by Crippen LogP contribution is 1.90. The van der Waals surface area contributed by atoms with Gasteiger partial charge in [-0.15, -0.1) is 0 Å². The number of halogens is 1. The molecule has 0 fully saturated rings. The Morgan fingerprint density at radius 3 is 2.44 bits per heavy atom. The normalized spacial score (nSPS) is 11.8. The van der Waals surface area contributed by atoms with Gasteiger partial charge in [0.1, 0.15) is 0 Å². The molecular formula is C3H7ClO4S. The molecule has 4 nitrogen and oxygen atoms in total. The molecule has 0 saturated heterocycles. The maximum Gasteiger partial charge on any atom is 0.264 e. The van der Waals surface area contributed by atoms with Crippen molar-refractivity contribution >= 4 is 22.0 Å². The molecule has 0 aromatic heterocycles. The summed E-state index contributed by atoms with van der Waals surface area (Å²) in [6.45, 7) is 0.126. The summed E-state index contributed by atoms with van der Waals surface area (Å²) < 4.78 is 32.1. The summed E-state index contributed by atoms with van der Waals surface area (Å²) in [6, 6.07) is 0. The molecule has 1 N–H and O–H groups in total. The predicted molar refractivity (Wildman–Crippen MR) is 32.8 cm³/mol. The Morgan fingerprint density at radius 2 is 2.11 bits per heavy atom. The van der Waals surface area contributed by atoms with Gasteiger partial charge < -0.3 is 0 Å². The van der Waals surface area contributed by atoms with E-state index in [0.717, 1.165) is 0 Å². The van der Waals surface area contributed by atoms with Gasteiger partial charge in [-0.05, 0) is 6.42 Å². The fourth-order valence-corrected chi connectivity index (χ4v) is 0.888. The van der Waals surface area contributed by atoms with Crippen molar-refractivity contribution in [2.24, 2.45) is 0 Å². The molecule has 0 heterocycles. The van der Waals surface area contributed by atoms with Crippen molar-refractivity contribution in [2.45, 2.75) is 6.42 Å². The standard InChI is InChI=1S/C3H7ClO4S/c4-8-2-1-3-9(5,6)7/h1-3H2,(H,5,6,7). The number of hydrogen-bond donors (Lipinski definition) is 1. The van der Waals surface area contributed by atoms with E-state index in [2.05, 4.69) is 4.29 Å². The summed E-state index contributed by atoms with van der Waals surface area (Å²) in [5.74, 6) is -0.306. The van der Waals surface area contributed by atoms with Crippen LogP contribution in [0, 0.1) is 0 Å².